The Bertz CT molecular complexity index is 451. The van der Waals surface area contributed by atoms with Gasteiger partial charge in [0.15, 0.2) is 0 Å². The Labute approximate surface area is 208 Å². The van der Waals surface area contributed by atoms with Crippen molar-refractivity contribution < 1.29 is 14.0 Å². The molecule has 0 aromatic heterocycles. The normalized spacial score (nSPS) is 14.1. The third-order valence-electron chi connectivity index (χ3n) is 7.43. The van der Waals surface area contributed by atoms with Crippen LogP contribution in [0.25, 0.3) is 0 Å². The van der Waals surface area contributed by atoms with E-state index in [-0.39, 0.29) is 5.97 Å². The number of hydrogen-bond acceptors (Lipinski definition) is 2. The van der Waals surface area contributed by atoms with Crippen LogP contribution in [0, 0.1) is 0 Å². The lowest BCUT2D eigenvalue weighted by Crippen LogP contribution is -2.54. The van der Waals surface area contributed by atoms with Crippen LogP contribution in [0.3, 0.4) is 0 Å². The Morgan fingerprint density at radius 2 is 1.15 bits per heavy atom. The topological polar surface area (TPSA) is 26.3 Å². The van der Waals surface area contributed by atoms with Crippen LogP contribution < -0.4 is 0 Å². The van der Waals surface area contributed by atoms with Crippen molar-refractivity contribution in [3.63, 3.8) is 0 Å². The number of rotatable bonds is 25. The first kappa shape index (κ1) is 32.2. The van der Waals surface area contributed by atoms with Gasteiger partial charge in [-0.2, -0.15) is 0 Å². The van der Waals surface area contributed by atoms with E-state index >= 15 is 0 Å². The molecule has 0 saturated carbocycles. The van der Waals surface area contributed by atoms with Crippen LogP contribution in [0.15, 0.2) is 12.7 Å². The molecule has 0 saturated heterocycles. The Kier molecular flexibility index (Phi) is 22.4. The Balaban J connectivity index is 4.63. The number of unbranched alkanes of at least 4 members (excludes halogenated alkanes) is 14. The molecule has 0 aliphatic carbocycles. The van der Waals surface area contributed by atoms with E-state index < -0.39 is 0 Å². The fraction of sp³-hybridized carbons (Fsp3) is 0.900. The number of quaternary nitrogens is 1. The first-order chi connectivity index (χ1) is 16.0. The van der Waals surface area contributed by atoms with Crippen molar-refractivity contribution in [1.82, 2.24) is 0 Å². The van der Waals surface area contributed by atoms with Crippen LogP contribution >= 0.6 is 0 Å². The maximum absolute atomic E-state index is 11.6. The highest BCUT2D eigenvalue weighted by molar-refractivity contribution is 5.81. The van der Waals surface area contributed by atoms with Gasteiger partial charge in [-0.15, -0.1) is 0 Å². The number of carbonyl (C=O) groups is 1. The Hall–Kier alpha value is -0.830. The van der Waals surface area contributed by atoms with Gasteiger partial charge in [-0.05, 0) is 32.1 Å². The average Bonchev–Trinajstić information content (AvgIpc) is 2.82. The van der Waals surface area contributed by atoms with Crippen LogP contribution in [0.4, 0.5) is 0 Å². The standard InChI is InChI=1S/C30H60NO2/c1-6-10-13-15-16-17-18-19-21-23-27-31(5,26-12-8-3)29(24-22-20-14-11-7-2)25-28-33-30(32)9-4/h9,29H,4,6-8,10-28H2,1-3,5H3/q+1. The van der Waals surface area contributed by atoms with E-state index in [1.54, 1.807) is 0 Å². The van der Waals surface area contributed by atoms with Crippen molar-refractivity contribution in [2.24, 2.45) is 0 Å². The van der Waals surface area contributed by atoms with Gasteiger partial charge in [0, 0.05) is 12.5 Å². The Morgan fingerprint density at radius 3 is 1.67 bits per heavy atom. The summed E-state index contributed by atoms with van der Waals surface area (Å²) < 4.78 is 6.56. The minimum atomic E-state index is -0.283. The van der Waals surface area contributed by atoms with Crippen molar-refractivity contribution in [3.8, 4) is 0 Å². The van der Waals surface area contributed by atoms with Gasteiger partial charge < -0.3 is 9.22 Å². The largest absolute Gasteiger partial charge is 0.462 e. The summed E-state index contributed by atoms with van der Waals surface area (Å²) in [5, 5.41) is 0. The smallest absolute Gasteiger partial charge is 0.330 e. The van der Waals surface area contributed by atoms with E-state index in [1.807, 2.05) is 0 Å². The summed E-state index contributed by atoms with van der Waals surface area (Å²) in [5.41, 5.74) is 0. The minimum Gasteiger partial charge on any atom is -0.462 e. The number of hydrogen-bond donors (Lipinski definition) is 0. The van der Waals surface area contributed by atoms with Gasteiger partial charge in [0.1, 0.15) is 0 Å². The highest BCUT2D eigenvalue weighted by Crippen LogP contribution is 2.24. The molecule has 33 heavy (non-hydrogen) atoms. The molecule has 196 valence electrons. The molecule has 0 amide bonds. The highest BCUT2D eigenvalue weighted by Gasteiger charge is 2.31. The summed E-state index contributed by atoms with van der Waals surface area (Å²) in [5.74, 6) is -0.283. The summed E-state index contributed by atoms with van der Waals surface area (Å²) in [6.07, 6.45) is 26.6. The molecule has 3 heteroatoms. The summed E-state index contributed by atoms with van der Waals surface area (Å²) in [4.78, 5) is 11.6. The first-order valence-electron chi connectivity index (χ1n) is 14.7. The SMILES string of the molecule is C=CC(=O)OCCC(CCCCCCC)[N+](C)(CCCC)CCCCCCCCCCCC. The fourth-order valence-electron chi connectivity index (χ4n) is 5.06. The van der Waals surface area contributed by atoms with Gasteiger partial charge in [-0.25, -0.2) is 4.79 Å². The zero-order valence-electron chi connectivity index (χ0n) is 23.2. The van der Waals surface area contributed by atoms with Crippen molar-refractivity contribution in [1.29, 1.82) is 0 Å². The second-order valence-electron chi connectivity index (χ2n) is 10.5. The maximum Gasteiger partial charge on any atom is 0.330 e. The molecule has 2 unspecified atom stereocenters. The van der Waals surface area contributed by atoms with E-state index in [2.05, 4.69) is 34.4 Å². The second kappa shape index (κ2) is 22.9. The van der Waals surface area contributed by atoms with Crippen LogP contribution in [-0.2, 0) is 9.53 Å². The van der Waals surface area contributed by atoms with Gasteiger partial charge in [0.2, 0.25) is 0 Å². The molecule has 0 radical (unpaired) electrons. The number of ether oxygens (including phenoxy) is 1. The molecule has 0 spiro atoms. The summed E-state index contributed by atoms with van der Waals surface area (Å²) in [7, 11) is 2.48. The van der Waals surface area contributed by atoms with Crippen molar-refractivity contribution in [3.05, 3.63) is 12.7 Å². The third kappa shape index (κ3) is 18.2. The summed E-state index contributed by atoms with van der Waals surface area (Å²) >= 11 is 0. The third-order valence-corrected chi connectivity index (χ3v) is 7.43. The number of esters is 1. The maximum atomic E-state index is 11.6. The lowest BCUT2D eigenvalue weighted by Gasteiger charge is -2.42. The van der Waals surface area contributed by atoms with Crippen LogP contribution in [0.2, 0.25) is 0 Å². The molecule has 2 atom stereocenters. The molecule has 0 rings (SSSR count). The molecule has 0 N–H and O–H groups in total. The van der Waals surface area contributed by atoms with Crippen LogP contribution in [-0.4, -0.2) is 43.2 Å². The lowest BCUT2D eigenvalue weighted by molar-refractivity contribution is -0.934. The predicted octanol–water partition coefficient (Wildman–Crippen LogP) is 9.00. The van der Waals surface area contributed by atoms with Crippen LogP contribution in [0.1, 0.15) is 143 Å². The summed E-state index contributed by atoms with van der Waals surface area (Å²) in [6, 6.07) is 0.592. The zero-order chi connectivity index (χ0) is 24.6. The van der Waals surface area contributed by atoms with E-state index in [0.717, 1.165) is 10.9 Å². The number of nitrogens with zero attached hydrogens (tertiary/aromatic N) is 1. The fourth-order valence-corrected chi connectivity index (χ4v) is 5.06. The average molecular weight is 467 g/mol. The highest BCUT2D eigenvalue weighted by atomic mass is 16.5. The van der Waals surface area contributed by atoms with Gasteiger partial charge in [-0.3, -0.25) is 0 Å². The molecular weight excluding hydrogens is 406 g/mol. The molecule has 0 fully saturated rings. The lowest BCUT2D eigenvalue weighted by atomic mass is 9.99. The monoisotopic (exact) mass is 466 g/mol. The van der Waals surface area contributed by atoms with E-state index in [1.165, 1.54) is 135 Å². The summed E-state index contributed by atoms with van der Waals surface area (Å²) in [6.45, 7) is 13.5. The molecule has 3 nitrogen and oxygen atoms in total. The first-order valence-corrected chi connectivity index (χ1v) is 14.7. The molecule has 0 heterocycles. The second-order valence-corrected chi connectivity index (χ2v) is 10.5. The molecule has 0 aromatic rings. The van der Waals surface area contributed by atoms with Gasteiger partial charge in [0.05, 0.1) is 32.8 Å². The Morgan fingerprint density at radius 1 is 0.697 bits per heavy atom. The van der Waals surface area contributed by atoms with Gasteiger partial charge in [0.25, 0.3) is 0 Å². The molecule has 0 aliphatic rings. The van der Waals surface area contributed by atoms with Crippen molar-refractivity contribution in [2.45, 2.75) is 149 Å². The van der Waals surface area contributed by atoms with Crippen LogP contribution in [0.5, 0.6) is 0 Å². The van der Waals surface area contributed by atoms with Crippen molar-refractivity contribution >= 4 is 5.97 Å². The van der Waals surface area contributed by atoms with E-state index in [0.29, 0.717) is 12.6 Å². The quantitative estimate of drug-likeness (QED) is 0.0580. The van der Waals surface area contributed by atoms with Crippen molar-refractivity contribution in [2.75, 3.05) is 26.7 Å². The zero-order valence-corrected chi connectivity index (χ0v) is 23.2. The predicted molar refractivity (Wildman–Crippen MR) is 146 cm³/mol. The molecule has 0 aromatic carbocycles. The van der Waals surface area contributed by atoms with E-state index in [4.69, 9.17) is 4.74 Å². The van der Waals surface area contributed by atoms with Gasteiger partial charge >= 0.3 is 5.97 Å². The molecular formula is C30H60NO2+. The van der Waals surface area contributed by atoms with Gasteiger partial charge in [-0.1, -0.05) is 111 Å². The minimum absolute atomic E-state index is 0.283. The van der Waals surface area contributed by atoms with E-state index in [9.17, 15) is 4.79 Å². The number of carbonyl (C=O) groups excluding carboxylic acids is 1. The molecule has 0 aliphatic heterocycles. The molecule has 0 bridgehead atoms.